The topological polar surface area (TPSA) is 151 Å². The predicted molar refractivity (Wildman–Crippen MR) is 154 cm³/mol. The minimum absolute atomic E-state index is 0.0115. The van der Waals surface area contributed by atoms with Crippen LogP contribution in [0.2, 0.25) is 5.02 Å². The number of benzene rings is 2. The number of ether oxygens (including phenoxy) is 1. The van der Waals surface area contributed by atoms with Gasteiger partial charge in [0.05, 0.1) is 10.7 Å². The average molecular weight is 573 g/mol. The third kappa shape index (κ3) is 9.01. The number of aryl methyl sites for hydroxylation is 2. The van der Waals surface area contributed by atoms with Crippen molar-refractivity contribution in [1.29, 1.82) is 0 Å². The molecule has 0 saturated heterocycles. The van der Waals surface area contributed by atoms with Crippen molar-refractivity contribution in [2.75, 3.05) is 11.9 Å². The number of aromatic hydroxyl groups is 1. The van der Waals surface area contributed by atoms with Crippen LogP contribution in [0.1, 0.15) is 56.3 Å². The zero-order valence-corrected chi connectivity index (χ0v) is 24.2. The zero-order valence-electron chi connectivity index (χ0n) is 23.4. The first-order valence-electron chi connectivity index (χ1n) is 12.7. The summed E-state index contributed by atoms with van der Waals surface area (Å²) < 4.78 is 5.31. The third-order valence-corrected chi connectivity index (χ3v) is 6.16. The number of phenolic OH excluding ortho intramolecular Hbond substituents is 1. The summed E-state index contributed by atoms with van der Waals surface area (Å²) in [4.78, 5) is 53.3. The molecule has 2 aromatic rings. The largest absolute Gasteiger partial charge is 0.508 e. The Balaban J connectivity index is 2.59. The smallest absolute Gasteiger partial charge is 0.408 e. The molecule has 4 amide bonds. The van der Waals surface area contributed by atoms with Crippen molar-refractivity contribution in [3.8, 4) is 5.75 Å². The Morgan fingerprint density at radius 3 is 2.38 bits per heavy atom. The van der Waals surface area contributed by atoms with Crippen molar-refractivity contribution in [2.45, 2.75) is 65.1 Å². The maximum atomic E-state index is 14.0. The van der Waals surface area contributed by atoms with Crippen molar-refractivity contribution in [3.63, 3.8) is 0 Å². The molecule has 2 atom stereocenters. The minimum atomic E-state index is -1.25. The van der Waals surface area contributed by atoms with E-state index < -0.39 is 41.5 Å². The van der Waals surface area contributed by atoms with Crippen molar-refractivity contribution in [3.05, 3.63) is 70.8 Å². The highest BCUT2D eigenvalue weighted by atomic mass is 35.5. The van der Waals surface area contributed by atoms with E-state index in [-0.39, 0.29) is 25.1 Å². The Morgan fingerprint density at radius 1 is 1.15 bits per heavy atom. The van der Waals surface area contributed by atoms with E-state index in [1.807, 2.05) is 0 Å². The number of para-hydroxylation sites is 1. The molecular formula is C29H37ClN4O6. The lowest BCUT2D eigenvalue weighted by Crippen LogP contribution is -2.52. The van der Waals surface area contributed by atoms with Gasteiger partial charge in [-0.3, -0.25) is 14.4 Å². The second-order valence-corrected chi connectivity index (χ2v) is 10.8. The molecule has 40 heavy (non-hydrogen) atoms. The first kappa shape index (κ1) is 32.2. The lowest BCUT2D eigenvalue weighted by Gasteiger charge is -2.34. The van der Waals surface area contributed by atoms with Gasteiger partial charge >= 0.3 is 6.09 Å². The van der Waals surface area contributed by atoms with E-state index in [0.29, 0.717) is 27.4 Å². The van der Waals surface area contributed by atoms with Crippen LogP contribution in [0.4, 0.5) is 10.5 Å². The maximum absolute atomic E-state index is 14.0. The van der Waals surface area contributed by atoms with Crippen molar-refractivity contribution < 1.29 is 29.0 Å². The molecule has 0 heterocycles. The SMILES string of the molecule is C=CCN(C(=O)C(CCC(N)=O)NC(=O)OC(C)(C)C)C(C(=O)Nc1c(C)cccc1Cl)c1ccc(O)c(C)c1. The second kappa shape index (κ2) is 13.8. The number of rotatable bonds is 11. The summed E-state index contributed by atoms with van der Waals surface area (Å²) in [5.74, 6) is -1.93. The molecular weight excluding hydrogens is 536 g/mol. The molecule has 5 N–H and O–H groups in total. The van der Waals surface area contributed by atoms with Gasteiger partial charge in [-0.2, -0.15) is 0 Å². The van der Waals surface area contributed by atoms with Crippen LogP contribution in [0.25, 0.3) is 0 Å². The van der Waals surface area contributed by atoms with Gasteiger partial charge in [-0.05, 0) is 75.9 Å². The van der Waals surface area contributed by atoms with Crippen LogP contribution in [0, 0.1) is 13.8 Å². The van der Waals surface area contributed by atoms with Crippen LogP contribution in [0.5, 0.6) is 5.75 Å². The highest BCUT2D eigenvalue weighted by Crippen LogP contribution is 2.31. The van der Waals surface area contributed by atoms with Crippen LogP contribution >= 0.6 is 11.6 Å². The van der Waals surface area contributed by atoms with E-state index in [1.54, 1.807) is 58.9 Å². The van der Waals surface area contributed by atoms with Gasteiger partial charge in [-0.1, -0.05) is 35.9 Å². The molecule has 216 valence electrons. The number of carbonyl (C=O) groups excluding carboxylic acids is 4. The molecule has 0 saturated carbocycles. The molecule has 0 aliphatic carbocycles. The summed E-state index contributed by atoms with van der Waals surface area (Å²) >= 11 is 6.36. The quantitative estimate of drug-likeness (QED) is 0.291. The summed E-state index contributed by atoms with van der Waals surface area (Å²) in [6.07, 6.45) is 0.225. The fourth-order valence-electron chi connectivity index (χ4n) is 3.96. The van der Waals surface area contributed by atoms with Crippen LogP contribution in [0.15, 0.2) is 49.1 Å². The number of nitrogens with two attached hydrogens (primary N) is 1. The molecule has 0 spiro atoms. The number of nitrogens with zero attached hydrogens (tertiary/aromatic N) is 1. The summed E-state index contributed by atoms with van der Waals surface area (Å²) in [7, 11) is 0. The Morgan fingerprint density at radius 2 is 1.82 bits per heavy atom. The Labute approximate surface area is 239 Å². The summed E-state index contributed by atoms with van der Waals surface area (Å²) in [6, 6.07) is 7.19. The molecule has 0 fully saturated rings. The lowest BCUT2D eigenvalue weighted by atomic mass is 9.99. The van der Waals surface area contributed by atoms with Gasteiger partial charge < -0.3 is 31.1 Å². The maximum Gasteiger partial charge on any atom is 0.408 e. The van der Waals surface area contributed by atoms with E-state index in [2.05, 4.69) is 17.2 Å². The summed E-state index contributed by atoms with van der Waals surface area (Å²) in [5.41, 5.74) is 6.42. The van der Waals surface area contributed by atoms with Crippen molar-refractivity contribution >= 4 is 41.1 Å². The molecule has 11 heteroatoms. The van der Waals surface area contributed by atoms with Gasteiger partial charge in [0.15, 0.2) is 0 Å². The average Bonchev–Trinajstić information content (AvgIpc) is 2.84. The first-order valence-corrected chi connectivity index (χ1v) is 13.1. The highest BCUT2D eigenvalue weighted by molar-refractivity contribution is 6.34. The normalized spacial score (nSPS) is 12.6. The van der Waals surface area contributed by atoms with Crippen LogP contribution < -0.4 is 16.4 Å². The van der Waals surface area contributed by atoms with E-state index in [4.69, 9.17) is 22.1 Å². The van der Waals surface area contributed by atoms with Crippen molar-refractivity contribution in [1.82, 2.24) is 10.2 Å². The number of hydrogen-bond donors (Lipinski definition) is 4. The van der Waals surface area contributed by atoms with Crippen LogP contribution in [0.3, 0.4) is 0 Å². The monoisotopic (exact) mass is 572 g/mol. The summed E-state index contributed by atoms with van der Waals surface area (Å²) in [5, 5.41) is 15.7. The number of halogens is 1. The first-order chi connectivity index (χ1) is 18.6. The van der Waals surface area contributed by atoms with Gasteiger partial charge in [0.25, 0.3) is 5.91 Å². The van der Waals surface area contributed by atoms with Crippen LogP contribution in [-0.4, -0.2) is 52.0 Å². The van der Waals surface area contributed by atoms with E-state index in [9.17, 15) is 24.3 Å². The van der Waals surface area contributed by atoms with E-state index >= 15 is 0 Å². The number of alkyl carbamates (subject to hydrolysis) is 1. The Hall–Kier alpha value is -4.05. The fourth-order valence-corrected chi connectivity index (χ4v) is 4.23. The van der Waals surface area contributed by atoms with Gasteiger partial charge in [0.1, 0.15) is 23.4 Å². The molecule has 0 radical (unpaired) electrons. The minimum Gasteiger partial charge on any atom is -0.508 e. The van der Waals surface area contributed by atoms with Gasteiger partial charge in [0, 0.05) is 13.0 Å². The number of anilines is 1. The number of carbonyl (C=O) groups is 4. The molecule has 2 aromatic carbocycles. The molecule has 0 aliphatic heterocycles. The second-order valence-electron chi connectivity index (χ2n) is 10.4. The molecule has 0 aromatic heterocycles. The number of hydrogen-bond acceptors (Lipinski definition) is 6. The summed E-state index contributed by atoms with van der Waals surface area (Å²) in [6.45, 7) is 12.1. The van der Waals surface area contributed by atoms with Gasteiger partial charge in [-0.15, -0.1) is 6.58 Å². The fraction of sp³-hybridized carbons (Fsp3) is 0.379. The number of phenols is 1. The van der Waals surface area contributed by atoms with Gasteiger partial charge in [-0.25, -0.2) is 4.79 Å². The molecule has 2 unspecified atom stereocenters. The molecule has 10 nitrogen and oxygen atoms in total. The molecule has 0 bridgehead atoms. The molecule has 0 aliphatic rings. The number of primary amides is 1. The Kier molecular flexibility index (Phi) is 11.1. The standard InChI is InChI=1S/C29H37ClN4O6/c1-7-15-34(27(38)21(12-14-23(31)36)32-28(39)40-29(4,5)6)25(19-11-13-22(35)18(3)16-19)26(37)33-24-17(2)9-8-10-20(24)30/h7-11,13,16,21,25,35H,1,12,14-15H2,2-6H3,(H2,31,36)(H,32,39)(H,33,37). The third-order valence-electron chi connectivity index (χ3n) is 5.84. The highest BCUT2D eigenvalue weighted by Gasteiger charge is 2.36. The number of amides is 4. The molecule has 2 rings (SSSR count). The predicted octanol–water partition coefficient (Wildman–Crippen LogP) is 4.52. The Bertz CT molecular complexity index is 1250. The van der Waals surface area contributed by atoms with E-state index in [1.165, 1.54) is 23.1 Å². The lowest BCUT2D eigenvalue weighted by molar-refractivity contribution is -0.140. The van der Waals surface area contributed by atoms with Gasteiger partial charge in [0.2, 0.25) is 11.8 Å². The van der Waals surface area contributed by atoms with E-state index in [0.717, 1.165) is 0 Å². The number of nitrogens with one attached hydrogen (secondary N) is 2. The van der Waals surface area contributed by atoms with Crippen molar-refractivity contribution in [2.24, 2.45) is 5.73 Å². The zero-order chi connectivity index (χ0) is 30.2. The van der Waals surface area contributed by atoms with Crippen LogP contribution in [-0.2, 0) is 19.1 Å².